The molecule has 0 radical (unpaired) electrons. The first-order valence-electron chi connectivity index (χ1n) is 7.64. The maximum atomic E-state index is 12.2. The zero-order valence-electron chi connectivity index (χ0n) is 13.5. The van der Waals surface area contributed by atoms with E-state index in [9.17, 15) is 4.79 Å². The van der Waals surface area contributed by atoms with E-state index in [1.807, 2.05) is 24.3 Å². The fraction of sp³-hybridized carbons (Fsp3) is 0.176. The van der Waals surface area contributed by atoms with Gasteiger partial charge < -0.3 is 0 Å². The van der Waals surface area contributed by atoms with Crippen LogP contribution in [0, 0.1) is 0 Å². The molecule has 0 amide bonds. The normalized spacial score (nSPS) is 10.4. The number of hydrogen-bond acceptors (Lipinski definition) is 6. The van der Waals surface area contributed by atoms with Crippen LogP contribution in [0.1, 0.15) is 12.5 Å². The van der Waals surface area contributed by atoms with E-state index in [-0.39, 0.29) is 11.6 Å². The molecule has 0 bridgehead atoms. The van der Waals surface area contributed by atoms with Gasteiger partial charge in [-0.05, 0) is 24.1 Å². The number of hydrazine groups is 1. The summed E-state index contributed by atoms with van der Waals surface area (Å²) in [6, 6.07) is 11.5. The summed E-state index contributed by atoms with van der Waals surface area (Å²) in [7, 11) is 1.67. The van der Waals surface area contributed by atoms with Crippen molar-refractivity contribution < 1.29 is 0 Å². The Morgan fingerprint density at radius 3 is 2.54 bits per heavy atom. The summed E-state index contributed by atoms with van der Waals surface area (Å²) in [4.78, 5) is 24.6. The summed E-state index contributed by atoms with van der Waals surface area (Å²) in [6.45, 7) is 2.07. The van der Waals surface area contributed by atoms with Crippen molar-refractivity contribution in [1.29, 1.82) is 0 Å². The van der Waals surface area contributed by atoms with Crippen LogP contribution in [0.4, 0.5) is 11.6 Å². The largest absolute Gasteiger partial charge is 0.352 e. The van der Waals surface area contributed by atoms with Crippen molar-refractivity contribution in [3.63, 3.8) is 0 Å². The third-order valence-electron chi connectivity index (χ3n) is 3.66. The molecule has 3 aromatic rings. The average molecular weight is 322 g/mol. The van der Waals surface area contributed by atoms with E-state index in [0.29, 0.717) is 5.82 Å². The van der Waals surface area contributed by atoms with Crippen LogP contribution in [-0.4, -0.2) is 19.5 Å². The molecule has 122 valence electrons. The van der Waals surface area contributed by atoms with Crippen molar-refractivity contribution in [3.05, 3.63) is 64.8 Å². The van der Waals surface area contributed by atoms with Crippen molar-refractivity contribution in [1.82, 2.24) is 19.5 Å². The van der Waals surface area contributed by atoms with Crippen molar-refractivity contribution in [2.24, 2.45) is 7.05 Å². The molecular formula is C17H18N6O. The fourth-order valence-electron chi connectivity index (χ4n) is 2.36. The predicted octanol–water partition coefficient (Wildman–Crippen LogP) is 2.24. The Labute approximate surface area is 139 Å². The topological polar surface area (TPSA) is 84.7 Å². The molecule has 3 rings (SSSR count). The highest BCUT2D eigenvalue weighted by atomic mass is 16.1. The first-order valence-corrected chi connectivity index (χ1v) is 7.64. The maximum Gasteiger partial charge on any atom is 0.352 e. The van der Waals surface area contributed by atoms with Crippen molar-refractivity contribution >= 4 is 11.6 Å². The first-order chi connectivity index (χ1) is 11.7. The van der Waals surface area contributed by atoms with Gasteiger partial charge in [0.25, 0.3) is 0 Å². The highest BCUT2D eigenvalue weighted by molar-refractivity contribution is 5.61. The van der Waals surface area contributed by atoms with Crippen LogP contribution in [0.2, 0.25) is 0 Å². The molecule has 0 saturated heterocycles. The highest BCUT2D eigenvalue weighted by Crippen LogP contribution is 2.21. The number of nitrogens with one attached hydrogen (secondary N) is 2. The van der Waals surface area contributed by atoms with Gasteiger partial charge in [-0.3, -0.25) is 20.4 Å². The van der Waals surface area contributed by atoms with Crippen LogP contribution in [0.3, 0.4) is 0 Å². The maximum absolute atomic E-state index is 12.2. The predicted molar refractivity (Wildman–Crippen MR) is 93.6 cm³/mol. The van der Waals surface area contributed by atoms with Gasteiger partial charge in [-0.25, -0.2) is 4.79 Å². The molecule has 0 fully saturated rings. The van der Waals surface area contributed by atoms with Crippen LogP contribution in [0.25, 0.3) is 11.4 Å². The standard InChI is InChI=1S/C17H18N6O/c1-3-12-6-4-5-7-14(12)15-19-16(20-17(24)23(15)2)22-21-13-8-10-18-11-9-13/h4-11H,3H2,1-2H3,(H,18,21)(H,20,22,24). The molecular weight excluding hydrogens is 304 g/mol. The zero-order valence-corrected chi connectivity index (χ0v) is 13.5. The van der Waals surface area contributed by atoms with Gasteiger partial charge in [-0.15, -0.1) is 0 Å². The Morgan fingerprint density at radius 2 is 1.79 bits per heavy atom. The van der Waals surface area contributed by atoms with E-state index in [4.69, 9.17) is 0 Å². The fourth-order valence-corrected chi connectivity index (χ4v) is 2.36. The first kappa shape index (κ1) is 15.7. The molecule has 0 spiro atoms. The number of pyridine rings is 1. The third-order valence-corrected chi connectivity index (χ3v) is 3.66. The van der Waals surface area contributed by atoms with Crippen molar-refractivity contribution in [3.8, 4) is 11.4 Å². The third kappa shape index (κ3) is 3.24. The van der Waals surface area contributed by atoms with Crippen LogP contribution >= 0.6 is 0 Å². The van der Waals surface area contributed by atoms with Crippen LogP contribution in [-0.2, 0) is 13.5 Å². The summed E-state index contributed by atoms with van der Waals surface area (Å²) in [5.41, 5.74) is 8.29. The lowest BCUT2D eigenvalue weighted by molar-refractivity contribution is 0.784. The molecule has 0 aliphatic carbocycles. The van der Waals surface area contributed by atoms with E-state index >= 15 is 0 Å². The van der Waals surface area contributed by atoms with E-state index < -0.39 is 0 Å². The zero-order chi connectivity index (χ0) is 16.9. The van der Waals surface area contributed by atoms with E-state index in [1.54, 1.807) is 31.6 Å². The van der Waals surface area contributed by atoms with Crippen LogP contribution in [0.5, 0.6) is 0 Å². The Hall–Kier alpha value is -3.22. The molecule has 2 N–H and O–H groups in total. The van der Waals surface area contributed by atoms with E-state index in [0.717, 1.165) is 23.2 Å². The smallest absolute Gasteiger partial charge is 0.298 e. The lowest BCUT2D eigenvalue weighted by atomic mass is 10.0. The number of nitrogens with zero attached hydrogens (tertiary/aromatic N) is 4. The average Bonchev–Trinajstić information content (AvgIpc) is 2.63. The summed E-state index contributed by atoms with van der Waals surface area (Å²) >= 11 is 0. The van der Waals surface area contributed by atoms with Gasteiger partial charge in [0.1, 0.15) is 5.82 Å². The summed E-state index contributed by atoms with van der Waals surface area (Å²) in [5.74, 6) is 0.794. The number of benzene rings is 1. The molecule has 1 aromatic carbocycles. The minimum absolute atomic E-state index is 0.218. The monoisotopic (exact) mass is 322 g/mol. The number of aryl methyl sites for hydroxylation is 1. The van der Waals surface area contributed by atoms with Gasteiger partial charge in [0.15, 0.2) is 0 Å². The van der Waals surface area contributed by atoms with Gasteiger partial charge in [-0.1, -0.05) is 31.2 Å². The molecule has 7 nitrogen and oxygen atoms in total. The minimum Gasteiger partial charge on any atom is -0.298 e. The van der Waals surface area contributed by atoms with E-state index in [1.165, 1.54) is 4.57 Å². The van der Waals surface area contributed by atoms with Gasteiger partial charge in [0.2, 0.25) is 5.95 Å². The van der Waals surface area contributed by atoms with Crippen molar-refractivity contribution in [2.75, 3.05) is 10.9 Å². The number of anilines is 2. The van der Waals surface area contributed by atoms with Gasteiger partial charge in [-0.2, -0.15) is 9.97 Å². The summed E-state index contributed by atoms with van der Waals surface area (Å²) in [6.07, 6.45) is 4.18. The summed E-state index contributed by atoms with van der Waals surface area (Å²) in [5, 5.41) is 0. The lowest BCUT2D eigenvalue weighted by Crippen LogP contribution is -2.26. The Balaban J connectivity index is 1.96. The second-order valence-corrected chi connectivity index (χ2v) is 5.21. The second kappa shape index (κ2) is 6.91. The second-order valence-electron chi connectivity index (χ2n) is 5.21. The van der Waals surface area contributed by atoms with Crippen LogP contribution < -0.4 is 16.5 Å². The molecule has 0 unspecified atom stereocenters. The molecule has 0 atom stereocenters. The molecule has 0 aliphatic rings. The van der Waals surface area contributed by atoms with Gasteiger partial charge in [0.05, 0.1) is 5.69 Å². The summed E-state index contributed by atoms with van der Waals surface area (Å²) < 4.78 is 1.45. The Kier molecular flexibility index (Phi) is 4.51. The molecule has 2 aromatic heterocycles. The molecule has 2 heterocycles. The number of hydrogen-bond donors (Lipinski definition) is 2. The highest BCUT2D eigenvalue weighted by Gasteiger charge is 2.12. The minimum atomic E-state index is -0.370. The van der Waals surface area contributed by atoms with Crippen LogP contribution in [0.15, 0.2) is 53.6 Å². The number of aromatic nitrogens is 4. The molecule has 24 heavy (non-hydrogen) atoms. The molecule has 0 aliphatic heterocycles. The Morgan fingerprint density at radius 1 is 1.04 bits per heavy atom. The lowest BCUT2D eigenvalue weighted by Gasteiger charge is -2.13. The van der Waals surface area contributed by atoms with Crippen molar-refractivity contribution in [2.45, 2.75) is 13.3 Å². The quantitative estimate of drug-likeness (QED) is 0.701. The SMILES string of the molecule is CCc1ccccc1-c1nc(NNc2ccncc2)nc(=O)n1C. The molecule has 7 heteroatoms. The van der Waals surface area contributed by atoms with Gasteiger partial charge >= 0.3 is 5.69 Å². The van der Waals surface area contributed by atoms with Gasteiger partial charge in [0, 0.05) is 25.0 Å². The molecule has 0 saturated carbocycles. The number of rotatable bonds is 5. The van der Waals surface area contributed by atoms with E-state index in [2.05, 4.69) is 32.7 Å². The Bertz CT molecular complexity index is 891.